The summed E-state index contributed by atoms with van der Waals surface area (Å²) in [4.78, 5) is 0. The predicted molar refractivity (Wildman–Crippen MR) is 101 cm³/mol. The van der Waals surface area contributed by atoms with E-state index in [1.54, 1.807) is 11.1 Å². The van der Waals surface area contributed by atoms with Crippen LogP contribution in [0.5, 0.6) is 0 Å². The summed E-state index contributed by atoms with van der Waals surface area (Å²) in [5.41, 5.74) is 3.27. The van der Waals surface area contributed by atoms with Gasteiger partial charge in [-0.1, -0.05) is 23.3 Å². The summed E-state index contributed by atoms with van der Waals surface area (Å²) in [5, 5.41) is 0. The van der Waals surface area contributed by atoms with E-state index in [2.05, 4.69) is 12.2 Å². The van der Waals surface area contributed by atoms with Crippen molar-refractivity contribution in [3.8, 4) is 0 Å². The first-order valence-electron chi connectivity index (χ1n) is 10.7. The molecule has 0 atom stereocenters. The molecule has 4 nitrogen and oxygen atoms in total. The van der Waals surface area contributed by atoms with E-state index < -0.39 is 0 Å². The molecular weight excluding hydrogens is 328 g/mol. The fourth-order valence-electron chi connectivity index (χ4n) is 4.99. The Morgan fingerprint density at radius 1 is 0.577 bits per heavy atom. The average Bonchev–Trinajstić information content (AvgIpc) is 3.40. The number of hydrogen-bond donors (Lipinski definition) is 0. The molecule has 4 heteroatoms. The highest BCUT2D eigenvalue weighted by Crippen LogP contribution is 2.41. The van der Waals surface area contributed by atoms with E-state index in [0.29, 0.717) is 0 Å². The average molecular weight is 363 g/mol. The SMILES string of the molecule is C(CC1OCCO1)=C1CCC(C2CCC(=CCC3OCCO3)CC2)CC1. The van der Waals surface area contributed by atoms with Crippen molar-refractivity contribution in [1.82, 2.24) is 0 Å². The van der Waals surface area contributed by atoms with Gasteiger partial charge < -0.3 is 18.9 Å². The number of allylic oxidation sites excluding steroid dienone is 2. The molecule has 0 bridgehead atoms. The van der Waals surface area contributed by atoms with Gasteiger partial charge in [0.1, 0.15) is 0 Å². The quantitative estimate of drug-likeness (QED) is 0.662. The molecule has 2 aliphatic heterocycles. The van der Waals surface area contributed by atoms with Crippen molar-refractivity contribution in [2.45, 2.75) is 76.8 Å². The lowest BCUT2D eigenvalue weighted by molar-refractivity contribution is -0.0385. The summed E-state index contributed by atoms with van der Waals surface area (Å²) < 4.78 is 22.1. The third-order valence-corrected chi connectivity index (χ3v) is 6.59. The van der Waals surface area contributed by atoms with Gasteiger partial charge in [-0.2, -0.15) is 0 Å². The van der Waals surface area contributed by atoms with Crippen molar-refractivity contribution >= 4 is 0 Å². The molecule has 0 amide bonds. The van der Waals surface area contributed by atoms with E-state index in [1.807, 2.05) is 0 Å². The summed E-state index contributed by atoms with van der Waals surface area (Å²) in [5.74, 6) is 1.88. The zero-order valence-electron chi connectivity index (χ0n) is 16.0. The van der Waals surface area contributed by atoms with Gasteiger partial charge in [-0.05, 0) is 63.2 Å². The highest BCUT2D eigenvalue weighted by Gasteiger charge is 2.28. The van der Waals surface area contributed by atoms with E-state index in [9.17, 15) is 0 Å². The highest BCUT2D eigenvalue weighted by atomic mass is 16.7. The molecule has 0 aromatic rings. The lowest BCUT2D eigenvalue weighted by atomic mass is 9.71. The predicted octanol–water partition coefficient (Wildman–Crippen LogP) is 4.75. The second kappa shape index (κ2) is 9.50. The van der Waals surface area contributed by atoms with Crippen molar-refractivity contribution in [3.05, 3.63) is 23.3 Å². The Labute approximate surface area is 157 Å². The van der Waals surface area contributed by atoms with E-state index in [-0.39, 0.29) is 12.6 Å². The first-order chi connectivity index (χ1) is 12.9. The van der Waals surface area contributed by atoms with Gasteiger partial charge in [0.05, 0.1) is 26.4 Å². The van der Waals surface area contributed by atoms with Crippen molar-refractivity contribution in [2.75, 3.05) is 26.4 Å². The Bertz CT molecular complexity index is 434. The molecule has 2 heterocycles. The number of ether oxygens (including phenoxy) is 4. The van der Waals surface area contributed by atoms with E-state index >= 15 is 0 Å². The molecule has 0 aromatic carbocycles. The van der Waals surface area contributed by atoms with Crippen LogP contribution in [0, 0.1) is 11.8 Å². The molecule has 0 aromatic heterocycles. The summed E-state index contributed by atoms with van der Waals surface area (Å²) in [7, 11) is 0. The number of hydrogen-bond acceptors (Lipinski definition) is 4. The van der Waals surface area contributed by atoms with Gasteiger partial charge in [0.15, 0.2) is 12.6 Å². The first-order valence-corrected chi connectivity index (χ1v) is 10.7. The third kappa shape index (κ3) is 5.19. The molecule has 146 valence electrons. The Balaban J connectivity index is 1.16. The van der Waals surface area contributed by atoms with Crippen molar-refractivity contribution in [3.63, 3.8) is 0 Å². The Hall–Kier alpha value is -0.680. The van der Waals surface area contributed by atoms with Crippen LogP contribution in [-0.4, -0.2) is 39.0 Å². The fraction of sp³-hybridized carbons (Fsp3) is 0.818. The Morgan fingerprint density at radius 3 is 1.27 bits per heavy atom. The van der Waals surface area contributed by atoms with E-state index in [4.69, 9.17) is 18.9 Å². The monoisotopic (exact) mass is 362 g/mol. The molecule has 0 spiro atoms. The topological polar surface area (TPSA) is 36.9 Å². The van der Waals surface area contributed by atoms with Gasteiger partial charge in [0, 0.05) is 12.8 Å². The molecule has 0 N–H and O–H groups in total. The van der Waals surface area contributed by atoms with Crippen LogP contribution < -0.4 is 0 Å². The molecule has 0 radical (unpaired) electrons. The summed E-state index contributed by atoms with van der Waals surface area (Å²) >= 11 is 0. The smallest absolute Gasteiger partial charge is 0.161 e. The largest absolute Gasteiger partial charge is 0.350 e. The highest BCUT2D eigenvalue weighted by molar-refractivity contribution is 5.09. The fourth-order valence-corrected chi connectivity index (χ4v) is 4.99. The first kappa shape index (κ1) is 18.7. The molecular formula is C22H34O4. The lowest BCUT2D eigenvalue weighted by Gasteiger charge is -2.34. The van der Waals surface area contributed by atoms with Crippen LogP contribution in [0.2, 0.25) is 0 Å². The molecule has 0 unspecified atom stereocenters. The molecule has 2 saturated carbocycles. The minimum Gasteiger partial charge on any atom is -0.350 e. The number of rotatable bonds is 5. The minimum absolute atomic E-state index is 0.0174. The maximum absolute atomic E-state index is 5.53. The van der Waals surface area contributed by atoms with Gasteiger partial charge in [0.2, 0.25) is 0 Å². The van der Waals surface area contributed by atoms with E-state index in [0.717, 1.165) is 51.1 Å². The van der Waals surface area contributed by atoms with Gasteiger partial charge in [-0.3, -0.25) is 0 Å². The van der Waals surface area contributed by atoms with Crippen molar-refractivity contribution in [2.24, 2.45) is 11.8 Å². The Morgan fingerprint density at radius 2 is 0.923 bits per heavy atom. The maximum atomic E-state index is 5.53. The molecule has 2 aliphatic carbocycles. The van der Waals surface area contributed by atoms with Crippen LogP contribution in [-0.2, 0) is 18.9 Å². The Kier molecular flexibility index (Phi) is 6.82. The van der Waals surface area contributed by atoms with Gasteiger partial charge >= 0.3 is 0 Å². The summed E-state index contributed by atoms with van der Waals surface area (Å²) in [6.45, 7) is 3.03. The van der Waals surface area contributed by atoms with Gasteiger partial charge in [-0.15, -0.1) is 0 Å². The molecule has 4 fully saturated rings. The second-order valence-corrected chi connectivity index (χ2v) is 8.21. The third-order valence-electron chi connectivity index (χ3n) is 6.59. The second-order valence-electron chi connectivity index (χ2n) is 8.21. The molecule has 4 rings (SSSR count). The van der Waals surface area contributed by atoms with Crippen molar-refractivity contribution in [1.29, 1.82) is 0 Å². The van der Waals surface area contributed by atoms with Crippen molar-refractivity contribution < 1.29 is 18.9 Å². The van der Waals surface area contributed by atoms with Crippen LogP contribution in [0.15, 0.2) is 23.3 Å². The lowest BCUT2D eigenvalue weighted by Crippen LogP contribution is -2.22. The maximum Gasteiger partial charge on any atom is 0.161 e. The van der Waals surface area contributed by atoms with Gasteiger partial charge in [-0.25, -0.2) is 0 Å². The standard InChI is InChI=1S/C22H34O4/c1-7-19(8-2-17(1)5-11-21-23-13-14-24-21)20-9-3-18(4-10-20)6-12-22-25-15-16-26-22/h5-6,19-22H,1-4,7-16H2. The van der Waals surface area contributed by atoms with Crippen LogP contribution in [0.4, 0.5) is 0 Å². The van der Waals surface area contributed by atoms with Crippen LogP contribution in [0.3, 0.4) is 0 Å². The van der Waals surface area contributed by atoms with Crippen LogP contribution in [0.1, 0.15) is 64.2 Å². The van der Waals surface area contributed by atoms with E-state index in [1.165, 1.54) is 51.4 Å². The molecule has 2 saturated heterocycles. The normalized spacial score (nSPS) is 31.5. The van der Waals surface area contributed by atoms with Crippen LogP contribution in [0.25, 0.3) is 0 Å². The zero-order chi connectivity index (χ0) is 17.6. The molecule has 4 aliphatic rings. The zero-order valence-corrected chi connectivity index (χ0v) is 16.0. The van der Waals surface area contributed by atoms with Gasteiger partial charge in [0.25, 0.3) is 0 Å². The summed E-state index contributed by atoms with van der Waals surface area (Å²) in [6, 6.07) is 0. The summed E-state index contributed by atoms with van der Waals surface area (Å²) in [6.07, 6.45) is 17.3. The minimum atomic E-state index is 0.0174. The molecule has 26 heavy (non-hydrogen) atoms. The van der Waals surface area contributed by atoms with Crippen LogP contribution >= 0.6 is 0 Å².